The Labute approximate surface area is 145 Å². The molecule has 2 aromatic carbocycles. The average Bonchev–Trinajstić information content (AvgIpc) is 2.23. The van der Waals surface area contributed by atoms with Crippen molar-refractivity contribution in [2.45, 2.75) is 0 Å². The molecule has 0 aliphatic rings. The predicted molar refractivity (Wildman–Crippen MR) is 57.4 cm³/mol. The zero-order chi connectivity index (χ0) is 10.1. The topological polar surface area (TPSA) is 40.5 Å². The summed E-state index contributed by atoms with van der Waals surface area (Å²) >= 11 is 0. The van der Waals surface area contributed by atoms with Gasteiger partial charge >= 0.3 is 0 Å². The number of rotatable bonds is 1. The molecule has 16 heavy (non-hydrogen) atoms. The number of aromatic hydroxyl groups is 2. The molecule has 2 rings (SSSR count). The second kappa shape index (κ2) is 6.86. The van der Waals surface area contributed by atoms with Crippen LogP contribution in [-0.4, -0.2) is 10.2 Å². The molecule has 0 aliphatic carbocycles. The van der Waals surface area contributed by atoms with E-state index >= 15 is 0 Å². The van der Waals surface area contributed by atoms with Crippen molar-refractivity contribution in [3.05, 3.63) is 42.5 Å². The first kappa shape index (κ1) is 16.2. The van der Waals surface area contributed by atoms with E-state index in [2.05, 4.69) is 6.58 Å². The van der Waals surface area contributed by atoms with Crippen LogP contribution < -0.4 is 0 Å². The quantitative estimate of drug-likeness (QED) is 0.765. The minimum absolute atomic E-state index is 0. The van der Waals surface area contributed by atoms with E-state index in [0.29, 0.717) is 10.8 Å². The molecule has 0 aromatic heterocycles. The van der Waals surface area contributed by atoms with Crippen molar-refractivity contribution in [2.75, 3.05) is 0 Å². The van der Waals surface area contributed by atoms with E-state index in [4.69, 9.17) is 0 Å². The van der Waals surface area contributed by atoms with Gasteiger partial charge in [0.05, 0.1) is 0 Å². The van der Waals surface area contributed by atoms with Gasteiger partial charge in [0.25, 0.3) is 0 Å². The maximum Gasteiger partial charge on any atom is 0.124 e. The summed E-state index contributed by atoms with van der Waals surface area (Å²) in [4.78, 5) is 0. The minimum Gasteiger partial charge on any atom is -0.507 e. The summed E-state index contributed by atoms with van der Waals surface area (Å²) in [6.45, 7) is 3.66. The Kier molecular flexibility index (Phi) is 6.96. The normalized spacial score (nSPS) is 9.00. The van der Waals surface area contributed by atoms with Crippen LogP contribution in [0.5, 0.6) is 11.5 Å². The Morgan fingerprint density at radius 1 is 0.938 bits per heavy atom. The molecule has 0 saturated carbocycles. The van der Waals surface area contributed by atoms with Gasteiger partial charge in [-0.05, 0) is 17.7 Å². The van der Waals surface area contributed by atoms with Crippen LogP contribution >= 0.6 is 0 Å². The molecule has 0 unspecified atom stereocenters. The molecule has 0 amide bonds. The second-order valence-electron chi connectivity index (χ2n) is 3.08. The van der Waals surface area contributed by atoms with Crippen molar-refractivity contribution in [2.24, 2.45) is 0 Å². The molecular weight excluding hydrogens is 354 g/mol. The first-order chi connectivity index (χ1) is 6.74. The van der Waals surface area contributed by atoms with Crippen LogP contribution in [-0.2, 0) is 65.4 Å². The third-order valence-electron chi connectivity index (χ3n) is 2.25. The smallest absolute Gasteiger partial charge is 0.124 e. The summed E-state index contributed by atoms with van der Waals surface area (Å²) in [6.07, 6.45) is 1.65. The van der Waals surface area contributed by atoms with Crippen LogP contribution in [0.15, 0.2) is 36.9 Å². The van der Waals surface area contributed by atoms with Crippen LogP contribution in [0.2, 0.25) is 0 Å². The Morgan fingerprint density at radius 3 is 2.19 bits per heavy atom. The third kappa shape index (κ3) is 2.92. The number of phenolic OH excluding ortho intramolecular Hbond substituents is 2. The number of fused-ring (bicyclic) bond motifs is 1. The number of phenols is 2. The molecule has 0 atom stereocenters. The number of hydrogen-bond donors (Lipinski definition) is 2. The predicted octanol–water partition coefficient (Wildman–Crippen LogP) is 2.89. The van der Waals surface area contributed by atoms with Crippen LogP contribution in [0.25, 0.3) is 16.8 Å². The average molecular weight is 364 g/mol. The Balaban J connectivity index is 0.00000112. The van der Waals surface area contributed by atoms with Crippen LogP contribution in [0, 0.1) is 0 Å². The first-order valence-corrected chi connectivity index (χ1v) is 4.30. The van der Waals surface area contributed by atoms with Gasteiger partial charge in [0.2, 0.25) is 0 Å². The van der Waals surface area contributed by atoms with Crippen LogP contribution in [0.1, 0.15) is 5.56 Å². The van der Waals surface area contributed by atoms with E-state index in [1.165, 1.54) is 12.1 Å². The maximum atomic E-state index is 9.65. The van der Waals surface area contributed by atoms with Gasteiger partial charge < -0.3 is 10.2 Å². The molecule has 76 valence electrons. The molecule has 2 aromatic rings. The molecule has 0 bridgehead atoms. The Morgan fingerprint density at radius 2 is 1.56 bits per heavy atom. The fraction of sp³-hybridized carbons (Fsp3) is 0. The fourth-order valence-electron chi connectivity index (χ4n) is 1.57. The molecule has 0 saturated heterocycles. The SMILES string of the molecule is C=Cc1cccc2c(O)ccc(O)c12.[Y].[Y]. The summed E-state index contributed by atoms with van der Waals surface area (Å²) in [5, 5.41) is 20.5. The zero-order valence-corrected chi connectivity index (χ0v) is 14.4. The van der Waals surface area contributed by atoms with Gasteiger partial charge in [-0.2, -0.15) is 0 Å². The maximum absolute atomic E-state index is 9.65. The molecule has 4 heteroatoms. The number of hydrogen-bond acceptors (Lipinski definition) is 2. The molecule has 2 N–H and O–H groups in total. The van der Waals surface area contributed by atoms with Gasteiger partial charge in [-0.25, -0.2) is 0 Å². The van der Waals surface area contributed by atoms with Crippen LogP contribution in [0.4, 0.5) is 0 Å². The van der Waals surface area contributed by atoms with Gasteiger partial charge in [-0.15, -0.1) is 0 Å². The zero-order valence-electron chi connectivity index (χ0n) is 8.72. The largest absolute Gasteiger partial charge is 0.507 e. The molecule has 2 nitrogen and oxygen atoms in total. The van der Waals surface area contributed by atoms with Crippen molar-refractivity contribution < 1.29 is 75.6 Å². The van der Waals surface area contributed by atoms with E-state index < -0.39 is 0 Å². The first-order valence-electron chi connectivity index (χ1n) is 4.30. The van der Waals surface area contributed by atoms with E-state index in [1.807, 2.05) is 12.1 Å². The van der Waals surface area contributed by atoms with Crippen molar-refractivity contribution in [1.82, 2.24) is 0 Å². The van der Waals surface area contributed by atoms with Crippen molar-refractivity contribution in [1.29, 1.82) is 0 Å². The molecule has 0 heterocycles. The van der Waals surface area contributed by atoms with Gasteiger partial charge in [0, 0.05) is 76.2 Å². The third-order valence-corrected chi connectivity index (χ3v) is 2.25. The van der Waals surface area contributed by atoms with Gasteiger partial charge in [-0.1, -0.05) is 30.9 Å². The minimum atomic E-state index is 0. The number of benzene rings is 2. The van der Waals surface area contributed by atoms with E-state index in [0.717, 1.165) is 5.56 Å². The molecule has 0 aliphatic heterocycles. The van der Waals surface area contributed by atoms with Crippen molar-refractivity contribution in [3.63, 3.8) is 0 Å². The second-order valence-corrected chi connectivity index (χ2v) is 3.08. The van der Waals surface area contributed by atoms with E-state index in [-0.39, 0.29) is 76.9 Å². The van der Waals surface area contributed by atoms with Gasteiger partial charge in [0.15, 0.2) is 0 Å². The summed E-state index contributed by atoms with van der Waals surface area (Å²) in [5.41, 5.74) is 0.816. The monoisotopic (exact) mass is 364 g/mol. The van der Waals surface area contributed by atoms with E-state index in [1.54, 1.807) is 12.1 Å². The van der Waals surface area contributed by atoms with Gasteiger partial charge in [0.1, 0.15) is 11.5 Å². The molecule has 0 spiro atoms. The summed E-state index contributed by atoms with van der Waals surface area (Å²) < 4.78 is 0. The molecule has 0 fully saturated rings. The summed E-state index contributed by atoms with van der Waals surface area (Å²) in [6, 6.07) is 8.37. The standard InChI is InChI=1S/C12H10O2.2Y/c1-2-8-4-3-5-9-10(13)6-7-11(14)12(8)9;;/h2-7,13-14H,1H2;;. The fourth-order valence-corrected chi connectivity index (χ4v) is 1.57. The molecular formula is C12H10O2Y2. The van der Waals surface area contributed by atoms with E-state index in [9.17, 15) is 10.2 Å². The van der Waals surface area contributed by atoms with Gasteiger partial charge in [-0.3, -0.25) is 0 Å². The summed E-state index contributed by atoms with van der Waals surface area (Å²) in [5.74, 6) is 0.329. The van der Waals surface area contributed by atoms with Crippen molar-refractivity contribution in [3.8, 4) is 11.5 Å². The molecule has 2 radical (unpaired) electrons. The van der Waals surface area contributed by atoms with Crippen LogP contribution in [0.3, 0.4) is 0 Å². The van der Waals surface area contributed by atoms with Crippen molar-refractivity contribution >= 4 is 16.8 Å². The Hall–Kier alpha value is 0.248. The Bertz CT molecular complexity index is 510. The summed E-state index contributed by atoms with van der Waals surface area (Å²) in [7, 11) is 0.